The third-order valence-electron chi connectivity index (χ3n) is 4.40. The van der Waals surface area contributed by atoms with Crippen molar-refractivity contribution in [1.82, 2.24) is 14.5 Å². The minimum Gasteiger partial charge on any atom is -0.337 e. The standard InChI is InChI=1S/C14H22N4O/c1-17-9-8-16-12(17)10-18(11-4-5-11)13(19)14(15)6-2-3-7-14/h8-9,11H,2-7,10,15H2,1H3. The first kappa shape index (κ1) is 12.7. The van der Waals surface area contributed by atoms with Crippen molar-refractivity contribution in [1.29, 1.82) is 0 Å². The highest BCUT2D eigenvalue weighted by atomic mass is 16.2. The average Bonchev–Trinajstić information content (AvgIpc) is 3.01. The summed E-state index contributed by atoms with van der Waals surface area (Å²) in [4.78, 5) is 19.0. The van der Waals surface area contributed by atoms with Gasteiger partial charge in [-0.2, -0.15) is 0 Å². The van der Waals surface area contributed by atoms with Crippen LogP contribution in [0.1, 0.15) is 44.3 Å². The summed E-state index contributed by atoms with van der Waals surface area (Å²) in [7, 11) is 1.96. The van der Waals surface area contributed by atoms with Crippen molar-refractivity contribution in [3.63, 3.8) is 0 Å². The second-order valence-electron chi connectivity index (χ2n) is 5.98. The summed E-state index contributed by atoms with van der Waals surface area (Å²) < 4.78 is 1.97. The lowest BCUT2D eigenvalue weighted by Gasteiger charge is -2.31. The second kappa shape index (κ2) is 4.63. The smallest absolute Gasteiger partial charge is 0.243 e. The molecule has 2 aliphatic rings. The maximum absolute atomic E-state index is 12.8. The van der Waals surface area contributed by atoms with Gasteiger partial charge in [0.1, 0.15) is 5.82 Å². The second-order valence-corrected chi connectivity index (χ2v) is 5.98. The Balaban J connectivity index is 1.77. The molecule has 5 nitrogen and oxygen atoms in total. The predicted octanol–water partition coefficient (Wildman–Crippen LogP) is 1.18. The van der Waals surface area contributed by atoms with Crippen molar-refractivity contribution in [3.8, 4) is 0 Å². The molecule has 1 heterocycles. The number of aryl methyl sites for hydroxylation is 1. The van der Waals surface area contributed by atoms with E-state index >= 15 is 0 Å². The molecule has 2 fully saturated rings. The number of nitrogens with two attached hydrogens (primary N) is 1. The maximum atomic E-state index is 12.8. The number of carbonyl (C=O) groups excluding carboxylic acids is 1. The molecular weight excluding hydrogens is 240 g/mol. The van der Waals surface area contributed by atoms with Gasteiger partial charge in [0.15, 0.2) is 0 Å². The van der Waals surface area contributed by atoms with Crippen LogP contribution in [0.2, 0.25) is 0 Å². The fourth-order valence-electron chi connectivity index (χ4n) is 2.96. The van der Waals surface area contributed by atoms with Gasteiger partial charge in [-0.3, -0.25) is 4.79 Å². The van der Waals surface area contributed by atoms with E-state index in [-0.39, 0.29) is 5.91 Å². The van der Waals surface area contributed by atoms with Crippen LogP contribution in [0.5, 0.6) is 0 Å². The van der Waals surface area contributed by atoms with E-state index in [1.165, 1.54) is 0 Å². The molecule has 0 saturated heterocycles. The molecule has 0 atom stereocenters. The molecule has 3 rings (SSSR count). The molecule has 2 N–H and O–H groups in total. The molecule has 19 heavy (non-hydrogen) atoms. The minimum atomic E-state index is -0.617. The fourth-order valence-corrected chi connectivity index (χ4v) is 2.96. The maximum Gasteiger partial charge on any atom is 0.243 e. The SMILES string of the molecule is Cn1ccnc1CN(C(=O)C1(N)CCCC1)C1CC1. The molecule has 1 amide bonds. The Bertz CT molecular complexity index is 472. The van der Waals surface area contributed by atoms with Crippen LogP contribution in [0.4, 0.5) is 0 Å². The quantitative estimate of drug-likeness (QED) is 0.886. The number of aromatic nitrogens is 2. The van der Waals surface area contributed by atoms with Gasteiger partial charge in [0.05, 0.1) is 12.1 Å². The first-order valence-electron chi connectivity index (χ1n) is 7.16. The molecule has 0 bridgehead atoms. The molecule has 0 aromatic carbocycles. The van der Waals surface area contributed by atoms with Crippen LogP contribution in [0.15, 0.2) is 12.4 Å². The molecule has 104 valence electrons. The average molecular weight is 262 g/mol. The number of hydrogen-bond acceptors (Lipinski definition) is 3. The van der Waals surface area contributed by atoms with E-state index in [4.69, 9.17) is 5.73 Å². The Hall–Kier alpha value is -1.36. The zero-order valence-electron chi connectivity index (χ0n) is 11.5. The van der Waals surface area contributed by atoms with Gasteiger partial charge in [-0.15, -0.1) is 0 Å². The summed E-state index contributed by atoms with van der Waals surface area (Å²) in [5, 5.41) is 0. The molecule has 0 spiro atoms. The molecule has 0 unspecified atom stereocenters. The summed E-state index contributed by atoms with van der Waals surface area (Å²) in [6.07, 6.45) is 9.70. The molecule has 2 saturated carbocycles. The van der Waals surface area contributed by atoms with Gasteiger partial charge in [-0.25, -0.2) is 4.98 Å². The largest absolute Gasteiger partial charge is 0.337 e. The number of hydrogen-bond donors (Lipinski definition) is 1. The summed E-state index contributed by atoms with van der Waals surface area (Å²) in [6.45, 7) is 0.589. The highest BCUT2D eigenvalue weighted by Gasteiger charge is 2.44. The lowest BCUT2D eigenvalue weighted by atomic mass is 9.97. The third kappa shape index (κ3) is 2.39. The van der Waals surface area contributed by atoms with Crippen molar-refractivity contribution in [2.75, 3.05) is 0 Å². The number of carbonyl (C=O) groups is 1. The first-order chi connectivity index (χ1) is 9.10. The van der Waals surface area contributed by atoms with E-state index in [9.17, 15) is 4.79 Å². The van der Waals surface area contributed by atoms with Crippen molar-refractivity contribution >= 4 is 5.91 Å². The molecule has 5 heteroatoms. The summed E-state index contributed by atoms with van der Waals surface area (Å²) in [5.41, 5.74) is 5.70. The Kier molecular flexibility index (Phi) is 3.09. The van der Waals surface area contributed by atoms with Crippen LogP contribution in [0, 0.1) is 0 Å². The van der Waals surface area contributed by atoms with Crippen LogP contribution in [0.3, 0.4) is 0 Å². The predicted molar refractivity (Wildman–Crippen MR) is 72.2 cm³/mol. The summed E-state index contributed by atoms with van der Waals surface area (Å²) in [5.74, 6) is 1.07. The van der Waals surface area contributed by atoms with Crippen LogP contribution in [-0.4, -0.2) is 31.9 Å². The van der Waals surface area contributed by atoms with Crippen LogP contribution in [-0.2, 0) is 18.4 Å². The van der Waals surface area contributed by atoms with Crippen molar-refractivity contribution in [2.24, 2.45) is 12.8 Å². The van der Waals surface area contributed by atoms with Gasteiger partial charge in [0.25, 0.3) is 0 Å². The lowest BCUT2D eigenvalue weighted by molar-refractivity contribution is -0.138. The topological polar surface area (TPSA) is 64.2 Å². The molecule has 0 aliphatic heterocycles. The van der Waals surface area contributed by atoms with E-state index in [1.807, 2.05) is 22.7 Å². The Morgan fingerprint density at radius 1 is 1.53 bits per heavy atom. The van der Waals surface area contributed by atoms with Crippen LogP contribution >= 0.6 is 0 Å². The van der Waals surface area contributed by atoms with E-state index in [0.717, 1.165) is 44.3 Å². The molecule has 1 aromatic rings. The van der Waals surface area contributed by atoms with Gasteiger partial charge in [-0.05, 0) is 25.7 Å². The van der Waals surface area contributed by atoms with Crippen LogP contribution < -0.4 is 5.73 Å². The monoisotopic (exact) mass is 262 g/mol. The van der Waals surface area contributed by atoms with Crippen molar-refractivity contribution in [2.45, 2.75) is 56.7 Å². The van der Waals surface area contributed by atoms with Gasteiger partial charge < -0.3 is 15.2 Å². The minimum absolute atomic E-state index is 0.135. The van der Waals surface area contributed by atoms with E-state index in [0.29, 0.717) is 12.6 Å². The van der Waals surface area contributed by atoms with E-state index in [2.05, 4.69) is 4.98 Å². The zero-order valence-corrected chi connectivity index (χ0v) is 11.5. The number of amides is 1. The van der Waals surface area contributed by atoms with Crippen molar-refractivity contribution in [3.05, 3.63) is 18.2 Å². The number of rotatable bonds is 4. The highest BCUT2D eigenvalue weighted by molar-refractivity contribution is 5.87. The fraction of sp³-hybridized carbons (Fsp3) is 0.714. The number of nitrogens with zero attached hydrogens (tertiary/aromatic N) is 3. The van der Waals surface area contributed by atoms with Gasteiger partial charge >= 0.3 is 0 Å². The first-order valence-corrected chi connectivity index (χ1v) is 7.16. The van der Waals surface area contributed by atoms with Gasteiger partial charge in [0, 0.05) is 25.5 Å². The Morgan fingerprint density at radius 3 is 2.74 bits per heavy atom. The molecular formula is C14H22N4O. The highest BCUT2D eigenvalue weighted by Crippen LogP contribution is 2.34. The molecule has 0 radical (unpaired) electrons. The van der Waals surface area contributed by atoms with E-state index in [1.54, 1.807) is 6.20 Å². The Labute approximate surface area is 113 Å². The molecule has 2 aliphatic carbocycles. The Morgan fingerprint density at radius 2 is 2.21 bits per heavy atom. The van der Waals surface area contributed by atoms with Gasteiger partial charge in [0.2, 0.25) is 5.91 Å². The van der Waals surface area contributed by atoms with Crippen LogP contribution in [0.25, 0.3) is 0 Å². The van der Waals surface area contributed by atoms with E-state index < -0.39 is 5.54 Å². The van der Waals surface area contributed by atoms with Gasteiger partial charge in [-0.1, -0.05) is 12.8 Å². The summed E-state index contributed by atoms with van der Waals surface area (Å²) >= 11 is 0. The van der Waals surface area contributed by atoms with Crippen molar-refractivity contribution < 1.29 is 4.79 Å². The molecule has 1 aromatic heterocycles. The third-order valence-corrected chi connectivity index (χ3v) is 4.40. The summed E-state index contributed by atoms with van der Waals surface area (Å²) in [6, 6.07) is 0.380. The normalized spacial score (nSPS) is 21.6. The lowest BCUT2D eigenvalue weighted by Crippen LogP contribution is -2.54. The number of imidazole rings is 1. The zero-order chi connectivity index (χ0) is 13.5.